The minimum Gasteiger partial charge on any atom is -0.340 e. The summed E-state index contributed by atoms with van der Waals surface area (Å²) in [5, 5.41) is 0. The van der Waals surface area contributed by atoms with Gasteiger partial charge in [-0.15, -0.1) is 0 Å². The molecule has 0 aromatic heterocycles. The molecule has 1 radical (unpaired) electrons. The first kappa shape index (κ1) is 6.59. The minimum absolute atomic E-state index is 0.160. The Morgan fingerprint density at radius 3 is 2.67 bits per heavy atom. The van der Waals surface area contributed by atoms with E-state index in [1.54, 1.807) is 6.92 Å². The Labute approximate surface area is 55.8 Å². The molecule has 0 aliphatic carbocycles. The van der Waals surface area contributed by atoms with E-state index >= 15 is 0 Å². The molecule has 1 aliphatic heterocycles. The zero-order valence-corrected chi connectivity index (χ0v) is 5.76. The van der Waals surface area contributed by atoms with Crippen molar-refractivity contribution in [1.82, 2.24) is 4.90 Å². The third-order valence-electron chi connectivity index (χ3n) is 1.78. The molecule has 1 saturated heterocycles. The van der Waals surface area contributed by atoms with Gasteiger partial charge in [-0.3, -0.25) is 4.79 Å². The second kappa shape index (κ2) is 2.38. The van der Waals surface area contributed by atoms with Crippen LogP contribution in [0.2, 0.25) is 0 Å². The van der Waals surface area contributed by atoms with E-state index in [-0.39, 0.29) is 11.9 Å². The van der Waals surface area contributed by atoms with Gasteiger partial charge >= 0.3 is 0 Å². The molecule has 0 bridgehead atoms. The molecule has 2 heteroatoms. The van der Waals surface area contributed by atoms with Crippen LogP contribution in [0.1, 0.15) is 19.8 Å². The van der Waals surface area contributed by atoms with E-state index in [4.69, 9.17) is 0 Å². The van der Waals surface area contributed by atoms with E-state index in [0.29, 0.717) is 0 Å². The second-order valence-electron chi connectivity index (χ2n) is 2.51. The summed E-state index contributed by atoms with van der Waals surface area (Å²) in [6, 6.07) is 0.238. The Morgan fingerprint density at radius 1 is 1.78 bits per heavy atom. The van der Waals surface area contributed by atoms with E-state index < -0.39 is 0 Å². The smallest absolute Gasteiger partial charge is 0.219 e. The van der Waals surface area contributed by atoms with Crippen molar-refractivity contribution in [3.8, 4) is 0 Å². The summed E-state index contributed by atoms with van der Waals surface area (Å²) in [7, 11) is 0. The van der Waals surface area contributed by atoms with Crippen LogP contribution in [0.3, 0.4) is 0 Å². The predicted molar refractivity (Wildman–Crippen MR) is 35.8 cm³/mol. The van der Waals surface area contributed by atoms with Gasteiger partial charge in [-0.25, -0.2) is 0 Å². The number of hydrogen-bond donors (Lipinski definition) is 0. The van der Waals surface area contributed by atoms with E-state index in [2.05, 4.69) is 6.92 Å². The maximum Gasteiger partial charge on any atom is 0.219 e. The largest absolute Gasteiger partial charge is 0.340 e. The highest BCUT2D eigenvalue weighted by molar-refractivity contribution is 5.73. The fourth-order valence-electron chi connectivity index (χ4n) is 1.25. The Hall–Kier alpha value is -0.530. The number of likely N-dealkylation sites (tertiary alicyclic amines) is 1. The first-order chi connectivity index (χ1) is 4.22. The Bertz CT molecular complexity index is 122. The van der Waals surface area contributed by atoms with Gasteiger partial charge in [-0.2, -0.15) is 0 Å². The highest BCUT2D eigenvalue weighted by Gasteiger charge is 2.21. The van der Waals surface area contributed by atoms with Crippen molar-refractivity contribution in [3.05, 3.63) is 6.92 Å². The highest BCUT2D eigenvalue weighted by atomic mass is 16.2. The topological polar surface area (TPSA) is 20.3 Å². The molecule has 1 unspecified atom stereocenters. The number of carbonyl (C=O) groups is 1. The van der Waals surface area contributed by atoms with Gasteiger partial charge in [0.25, 0.3) is 0 Å². The van der Waals surface area contributed by atoms with Crippen LogP contribution in [0.25, 0.3) is 0 Å². The van der Waals surface area contributed by atoms with Crippen molar-refractivity contribution in [3.63, 3.8) is 0 Å². The van der Waals surface area contributed by atoms with E-state index in [0.717, 1.165) is 19.4 Å². The van der Waals surface area contributed by atoms with Crippen LogP contribution in [0.4, 0.5) is 0 Å². The van der Waals surface area contributed by atoms with E-state index in [1.807, 2.05) is 4.90 Å². The van der Waals surface area contributed by atoms with Crippen LogP contribution in [0.15, 0.2) is 0 Å². The number of carbonyl (C=O) groups excluding carboxylic acids is 1. The van der Waals surface area contributed by atoms with Gasteiger partial charge < -0.3 is 4.90 Å². The molecule has 0 aromatic rings. The van der Waals surface area contributed by atoms with Crippen molar-refractivity contribution in [2.45, 2.75) is 25.8 Å². The summed E-state index contributed by atoms with van der Waals surface area (Å²) < 4.78 is 0. The van der Waals surface area contributed by atoms with Gasteiger partial charge in [0.15, 0.2) is 0 Å². The van der Waals surface area contributed by atoms with Crippen molar-refractivity contribution in [1.29, 1.82) is 0 Å². The monoisotopic (exact) mass is 126 g/mol. The highest BCUT2D eigenvalue weighted by Crippen LogP contribution is 2.15. The molecule has 1 amide bonds. The van der Waals surface area contributed by atoms with Crippen molar-refractivity contribution < 1.29 is 4.79 Å². The predicted octanol–water partition coefficient (Wildman–Crippen LogP) is 0.831. The van der Waals surface area contributed by atoms with Crippen LogP contribution < -0.4 is 0 Å². The maximum absolute atomic E-state index is 10.7. The standard InChI is InChI=1S/C7H12NO/c1-6-4-3-5-8(6)7(2)9/h6H,1,3-5H2,2H3. The van der Waals surface area contributed by atoms with Gasteiger partial charge in [-0.1, -0.05) is 0 Å². The molecule has 0 N–H and O–H groups in total. The van der Waals surface area contributed by atoms with Crippen molar-refractivity contribution in [2.75, 3.05) is 6.54 Å². The molecule has 1 rings (SSSR count). The summed E-state index contributed by atoms with van der Waals surface area (Å²) in [6.45, 7) is 6.35. The Balaban J connectivity index is 2.49. The molecule has 51 valence electrons. The molecular weight excluding hydrogens is 114 g/mol. The SMILES string of the molecule is [CH2]C1CCCN1C(C)=O. The average Bonchev–Trinajstić information content (AvgIpc) is 2.13. The molecule has 1 fully saturated rings. The minimum atomic E-state index is 0.160. The first-order valence-corrected chi connectivity index (χ1v) is 3.32. The third kappa shape index (κ3) is 1.23. The van der Waals surface area contributed by atoms with Crippen LogP contribution >= 0.6 is 0 Å². The average molecular weight is 126 g/mol. The Morgan fingerprint density at radius 2 is 2.44 bits per heavy atom. The molecule has 1 aliphatic rings. The van der Waals surface area contributed by atoms with Crippen LogP contribution in [-0.4, -0.2) is 23.4 Å². The number of nitrogens with zero attached hydrogens (tertiary/aromatic N) is 1. The fourth-order valence-corrected chi connectivity index (χ4v) is 1.25. The summed E-state index contributed by atoms with van der Waals surface area (Å²) in [4.78, 5) is 12.6. The Kier molecular flexibility index (Phi) is 1.74. The number of amides is 1. The molecule has 1 heterocycles. The lowest BCUT2D eigenvalue weighted by Crippen LogP contribution is -2.31. The lowest BCUT2D eigenvalue weighted by atomic mass is 10.2. The second-order valence-corrected chi connectivity index (χ2v) is 2.51. The summed E-state index contributed by atoms with van der Waals surface area (Å²) in [5.41, 5.74) is 0. The maximum atomic E-state index is 10.7. The van der Waals surface area contributed by atoms with Crippen LogP contribution in [0, 0.1) is 6.92 Å². The van der Waals surface area contributed by atoms with E-state index in [1.165, 1.54) is 0 Å². The van der Waals surface area contributed by atoms with Crippen LogP contribution in [0.5, 0.6) is 0 Å². The van der Waals surface area contributed by atoms with Gasteiger partial charge in [0, 0.05) is 19.5 Å². The van der Waals surface area contributed by atoms with Gasteiger partial charge in [0.05, 0.1) is 0 Å². The molecule has 2 nitrogen and oxygen atoms in total. The fraction of sp³-hybridized carbons (Fsp3) is 0.714. The molecular formula is C7H12NO. The van der Waals surface area contributed by atoms with Gasteiger partial charge in [-0.05, 0) is 19.8 Å². The summed E-state index contributed by atoms with van der Waals surface area (Å²) in [6.07, 6.45) is 2.19. The normalized spacial score (nSPS) is 26.9. The zero-order chi connectivity index (χ0) is 6.85. The summed E-state index contributed by atoms with van der Waals surface area (Å²) >= 11 is 0. The third-order valence-corrected chi connectivity index (χ3v) is 1.78. The lowest BCUT2D eigenvalue weighted by molar-refractivity contribution is -0.128. The molecule has 9 heavy (non-hydrogen) atoms. The van der Waals surface area contributed by atoms with Crippen molar-refractivity contribution >= 4 is 5.91 Å². The molecule has 1 atom stereocenters. The summed E-state index contributed by atoms with van der Waals surface area (Å²) in [5.74, 6) is 0.160. The number of hydrogen-bond acceptors (Lipinski definition) is 1. The molecule has 0 saturated carbocycles. The van der Waals surface area contributed by atoms with E-state index in [9.17, 15) is 4.79 Å². The first-order valence-electron chi connectivity index (χ1n) is 3.32. The zero-order valence-electron chi connectivity index (χ0n) is 5.76. The van der Waals surface area contributed by atoms with Gasteiger partial charge in [0.1, 0.15) is 0 Å². The van der Waals surface area contributed by atoms with Gasteiger partial charge in [0.2, 0.25) is 5.91 Å². The van der Waals surface area contributed by atoms with Crippen molar-refractivity contribution in [2.24, 2.45) is 0 Å². The molecule has 0 aromatic carbocycles. The molecule has 0 spiro atoms. The quantitative estimate of drug-likeness (QED) is 0.471. The lowest BCUT2D eigenvalue weighted by Gasteiger charge is -2.18. The number of rotatable bonds is 0. The van der Waals surface area contributed by atoms with Crippen LogP contribution in [-0.2, 0) is 4.79 Å².